The van der Waals surface area contributed by atoms with Crippen molar-refractivity contribution < 1.29 is 0 Å². The van der Waals surface area contributed by atoms with Gasteiger partial charge in [0.1, 0.15) is 17.5 Å². The number of fused-ring (bicyclic) bond motifs is 4. The Morgan fingerprint density at radius 3 is 1.66 bits per heavy atom. The Balaban J connectivity index is 1.15. The fourth-order valence-corrected chi connectivity index (χ4v) is 12.7. The Kier molecular flexibility index (Phi) is 10.9. The predicted molar refractivity (Wildman–Crippen MR) is 261 cm³/mol. The van der Waals surface area contributed by atoms with E-state index < -0.39 is 0 Å². The zero-order valence-electron chi connectivity index (χ0n) is 37.9. The first-order chi connectivity index (χ1) is 30.4. The van der Waals surface area contributed by atoms with Crippen LogP contribution >= 0.6 is 0 Å². The molecule has 7 aliphatic rings. The van der Waals surface area contributed by atoms with Crippen molar-refractivity contribution >= 4 is 51.8 Å². The van der Waals surface area contributed by atoms with Crippen molar-refractivity contribution in [1.82, 2.24) is 9.97 Å². The smallest absolute Gasteiger partial charge is 0.256 e. The molecule has 0 radical (unpaired) electrons. The Morgan fingerprint density at radius 1 is 0.581 bits per heavy atom. The van der Waals surface area contributed by atoms with Gasteiger partial charge in [-0.2, -0.15) is 0 Å². The van der Waals surface area contributed by atoms with E-state index in [0.29, 0.717) is 23.7 Å². The second kappa shape index (κ2) is 16.9. The fraction of sp³-hybridized carbons (Fsp3) is 0.509. The molecule has 5 aliphatic carbocycles. The van der Waals surface area contributed by atoms with E-state index in [2.05, 4.69) is 121 Å². The molecule has 1 atom stereocenters. The maximum Gasteiger partial charge on any atom is 0.256 e. The van der Waals surface area contributed by atoms with Gasteiger partial charge in [-0.1, -0.05) is 152 Å². The van der Waals surface area contributed by atoms with Crippen LogP contribution in [0.5, 0.6) is 0 Å². The molecule has 0 amide bonds. The van der Waals surface area contributed by atoms with E-state index in [0.717, 1.165) is 23.2 Å². The topological polar surface area (TPSA) is 32.3 Å². The number of allylic oxidation sites excluding steroid dienone is 4. The maximum atomic E-state index is 5.77. The number of anilines is 5. The molecule has 4 fully saturated rings. The van der Waals surface area contributed by atoms with Gasteiger partial charge in [-0.25, -0.2) is 9.97 Å². The first-order valence-corrected chi connectivity index (χ1v) is 25.2. The van der Waals surface area contributed by atoms with Crippen LogP contribution in [0.3, 0.4) is 0 Å². The summed E-state index contributed by atoms with van der Waals surface area (Å²) < 4.78 is 0. The van der Waals surface area contributed by atoms with E-state index in [1.54, 1.807) is 0 Å². The summed E-state index contributed by atoms with van der Waals surface area (Å²) in [5.41, 5.74) is 13.0. The highest BCUT2D eigenvalue weighted by Crippen LogP contribution is 2.46. The van der Waals surface area contributed by atoms with Gasteiger partial charge in [0.2, 0.25) is 0 Å². The molecule has 2 aliphatic heterocycles. The molecule has 3 aromatic carbocycles. The Hall–Kier alpha value is -4.56. The molecule has 1 unspecified atom stereocenters. The lowest BCUT2D eigenvalue weighted by atomic mass is 9.34. The van der Waals surface area contributed by atoms with Crippen molar-refractivity contribution in [2.24, 2.45) is 11.8 Å². The molecule has 0 N–H and O–H groups in total. The summed E-state index contributed by atoms with van der Waals surface area (Å²) in [5, 5.41) is 0. The molecule has 3 heterocycles. The van der Waals surface area contributed by atoms with Crippen LogP contribution in [0.4, 0.5) is 28.7 Å². The lowest BCUT2D eigenvalue weighted by molar-refractivity contribution is 0.324. The minimum absolute atomic E-state index is 0.0127. The second-order valence-electron chi connectivity index (χ2n) is 21.3. The van der Waals surface area contributed by atoms with E-state index in [9.17, 15) is 0 Å². The number of nitrogens with zero attached hydrogens (tertiary/aromatic N) is 4. The van der Waals surface area contributed by atoms with E-state index >= 15 is 0 Å². The van der Waals surface area contributed by atoms with Crippen LogP contribution < -0.4 is 26.2 Å². The summed E-state index contributed by atoms with van der Waals surface area (Å²) in [5.74, 6) is 13.4. The zero-order valence-corrected chi connectivity index (χ0v) is 37.9. The average Bonchev–Trinajstić information content (AvgIpc) is 3.58. The molecule has 5 heteroatoms. The van der Waals surface area contributed by atoms with Crippen LogP contribution in [0, 0.1) is 23.7 Å². The molecule has 11 rings (SSSR count). The van der Waals surface area contributed by atoms with Crippen LogP contribution in [-0.2, 0) is 5.41 Å². The van der Waals surface area contributed by atoms with Crippen LogP contribution in [0.1, 0.15) is 189 Å². The summed E-state index contributed by atoms with van der Waals surface area (Å²) in [4.78, 5) is 16.6. The van der Waals surface area contributed by atoms with Crippen LogP contribution in [0.15, 0.2) is 84.6 Å². The monoisotopic (exact) mass is 819 g/mol. The lowest BCUT2D eigenvalue weighted by Crippen LogP contribution is -2.62. The van der Waals surface area contributed by atoms with Crippen molar-refractivity contribution in [3.8, 4) is 11.8 Å². The van der Waals surface area contributed by atoms with Gasteiger partial charge in [-0.3, -0.25) is 9.80 Å². The van der Waals surface area contributed by atoms with Gasteiger partial charge in [0.05, 0.1) is 5.70 Å². The van der Waals surface area contributed by atoms with E-state index in [4.69, 9.17) is 9.97 Å². The minimum atomic E-state index is -0.272. The molecular formula is C57H67BN4. The van der Waals surface area contributed by atoms with Gasteiger partial charge in [-0.15, -0.1) is 0 Å². The van der Waals surface area contributed by atoms with Gasteiger partial charge >= 0.3 is 0 Å². The lowest BCUT2D eigenvalue weighted by Gasteiger charge is -2.44. The van der Waals surface area contributed by atoms with Gasteiger partial charge in [-0.05, 0) is 139 Å². The first kappa shape index (κ1) is 40.2. The molecule has 1 aromatic heterocycles. The third kappa shape index (κ3) is 7.46. The van der Waals surface area contributed by atoms with Gasteiger partial charge < -0.3 is 0 Å². The molecular weight excluding hydrogens is 751 g/mol. The SMILES string of the molecule is CC(C)(C)c1nc2c3c(n1)N(c1cccc(C4CCCCC4)c1)c1cc(C4CCCCC4)ccc1B3c1ccc(C3CCCCC3)cc1N2C1=CC=CC(C2CCCCC2)C#C1. The molecule has 4 nitrogen and oxygen atoms in total. The molecule has 62 heavy (non-hydrogen) atoms. The summed E-state index contributed by atoms with van der Waals surface area (Å²) in [6, 6.07) is 24.8. The van der Waals surface area contributed by atoms with Crippen LogP contribution in [0.25, 0.3) is 0 Å². The minimum Gasteiger partial charge on any atom is -0.296 e. The summed E-state index contributed by atoms with van der Waals surface area (Å²) >= 11 is 0. The van der Waals surface area contributed by atoms with Gasteiger partial charge in [0.15, 0.2) is 0 Å². The molecule has 0 spiro atoms. The third-order valence-electron chi connectivity index (χ3n) is 16.2. The van der Waals surface area contributed by atoms with Crippen LogP contribution in [-0.4, -0.2) is 16.7 Å². The van der Waals surface area contributed by atoms with Gasteiger partial charge in [0.25, 0.3) is 6.71 Å². The molecule has 0 bridgehead atoms. The van der Waals surface area contributed by atoms with Crippen molar-refractivity contribution in [3.63, 3.8) is 0 Å². The van der Waals surface area contributed by atoms with Crippen molar-refractivity contribution in [3.05, 3.63) is 107 Å². The Labute approximate surface area is 373 Å². The molecule has 0 saturated heterocycles. The highest BCUT2D eigenvalue weighted by Gasteiger charge is 2.47. The van der Waals surface area contributed by atoms with E-state index in [1.807, 2.05) is 0 Å². The largest absolute Gasteiger partial charge is 0.296 e. The summed E-state index contributed by atoms with van der Waals surface area (Å²) in [6.07, 6.45) is 33.3. The Bertz CT molecular complexity index is 2440. The number of aromatic nitrogens is 2. The van der Waals surface area contributed by atoms with Crippen molar-refractivity contribution in [2.45, 2.75) is 172 Å². The molecule has 318 valence electrons. The normalized spacial score (nSPS) is 22.3. The summed E-state index contributed by atoms with van der Waals surface area (Å²) in [7, 11) is 0. The van der Waals surface area contributed by atoms with E-state index in [-0.39, 0.29) is 18.0 Å². The molecule has 4 saturated carbocycles. The standard InChI is InChI=1S/C57H67BN4/c1-57(2,3)56-59-54-53-55(60-56)62(48-29-17-27-44(36-48)40-20-10-5-11-21-40)52-38-46(42-24-14-7-15-25-42)32-35-50(52)58(53)49-34-31-45(41-22-12-6-13-23-41)37-51(49)61(54)47-28-16-26-43(30-33-47)39-18-8-4-9-19-39/h16-17,26-29,31-32,34-43H,4-15,18-25H2,1-3H3. The number of rotatable bonds is 6. The molecule has 4 aromatic rings. The van der Waals surface area contributed by atoms with Gasteiger partial charge in [0, 0.05) is 33.9 Å². The second-order valence-corrected chi connectivity index (χ2v) is 21.3. The summed E-state index contributed by atoms with van der Waals surface area (Å²) in [6.45, 7) is 6.87. The highest BCUT2D eigenvalue weighted by atomic mass is 15.3. The predicted octanol–water partition coefficient (Wildman–Crippen LogP) is 13.3. The fourth-order valence-electron chi connectivity index (χ4n) is 12.7. The first-order valence-electron chi connectivity index (χ1n) is 25.2. The van der Waals surface area contributed by atoms with Crippen LogP contribution in [0.2, 0.25) is 0 Å². The number of hydrogen-bond acceptors (Lipinski definition) is 4. The highest BCUT2D eigenvalue weighted by molar-refractivity contribution is 7.00. The number of benzene rings is 3. The number of hydrogen-bond donors (Lipinski definition) is 0. The van der Waals surface area contributed by atoms with E-state index in [1.165, 1.54) is 179 Å². The van der Waals surface area contributed by atoms with Crippen molar-refractivity contribution in [1.29, 1.82) is 0 Å². The third-order valence-corrected chi connectivity index (χ3v) is 16.2. The maximum absolute atomic E-state index is 5.77. The quantitative estimate of drug-likeness (QED) is 0.126. The van der Waals surface area contributed by atoms with Crippen molar-refractivity contribution in [2.75, 3.05) is 9.80 Å². The Morgan fingerprint density at radius 2 is 1.10 bits per heavy atom. The zero-order chi connectivity index (χ0) is 41.8. The average molecular weight is 819 g/mol.